The summed E-state index contributed by atoms with van der Waals surface area (Å²) in [6, 6.07) is 13.3. The van der Waals surface area contributed by atoms with Crippen molar-refractivity contribution in [2.45, 2.75) is 25.1 Å². The summed E-state index contributed by atoms with van der Waals surface area (Å²) < 4.78 is 26.2. The van der Waals surface area contributed by atoms with Gasteiger partial charge in [-0.1, -0.05) is 36.4 Å². The van der Waals surface area contributed by atoms with Crippen LogP contribution in [0.2, 0.25) is 0 Å². The molecule has 2 N–H and O–H groups in total. The van der Waals surface area contributed by atoms with Crippen molar-refractivity contribution in [1.29, 1.82) is 0 Å². The van der Waals surface area contributed by atoms with Gasteiger partial charge in [0.15, 0.2) is 0 Å². The molecule has 2 aromatic rings. The van der Waals surface area contributed by atoms with Crippen LogP contribution in [-0.4, -0.2) is 61.5 Å². The Hall–Kier alpha value is -2.80. The normalized spacial score (nSPS) is 16.6. The molecule has 1 unspecified atom stereocenters. The minimum atomic E-state index is -0.934. The smallest absolute Gasteiger partial charge is 0.239 e. The molecule has 7 heteroatoms. The largest absolute Gasteiger partial charge is 0.351 e. The molecule has 156 valence electrons. The zero-order valence-electron chi connectivity index (χ0n) is 16.7. The number of carbonyl (C=O) groups is 2. The monoisotopic (exact) mass is 403 g/mol. The summed E-state index contributed by atoms with van der Waals surface area (Å²) in [5, 5.41) is 0. The number of rotatable bonds is 5. The highest BCUT2D eigenvalue weighted by Crippen LogP contribution is 2.21. The van der Waals surface area contributed by atoms with Gasteiger partial charge in [0.2, 0.25) is 12.3 Å². The van der Waals surface area contributed by atoms with Gasteiger partial charge in [0, 0.05) is 20.6 Å². The van der Waals surface area contributed by atoms with Gasteiger partial charge in [-0.15, -0.1) is 0 Å². The molecule has 0 bridgehead atoms. The molecule has 0 spiro atoms. The fourth-order valence-electron chi connectivity index (χ4n) is 2.97. The van der Waals surface area contributed by atoms with E-state index < -0.39 is 12.2 Å². The van der Waals surface area contributed by atoms with E-state index in [0.29, 0.717) is 19.4 Å². The Kier molecular flexibility index (Phi) is 8.27. The van der Waals surface area contributed by atoms with Crippen molar-refractivity contribution >= 4 is 12.3 Å². The van der Waals surface area contributed by atoms with E-state index in [1.54, 1.807) is 26.2 Å². The van der Waals surface area contributed by atoms with E-state index in [0.717, 1.165) is 23.1 Å². The van der Waals surface area contributed by atoms with Crippen LogP contribution in [0.15, 0.2) is 48.5 Å². The predicted octanol–water partition coefficient (Wildman–Crippen LogP) is 2.64. The summed E-state index contributed by atoms with van der Waals surface area (Å²) in [5.74, 6) is -0.463. The Balaban J connectivity index is 0.000000537. The number of amides is 2. The highest BCUT2D eigenvalue weighted by molar-refractivity contribution is 5.82. The van der Waals surface area contributed by atoms with E-state index in [1.807, 2.05) is 24.3 Å². The molecule has 1 aliphatic rings. The van der Waals surface area contributed by atoms with Gasteiger partial charge < -0.3 is 15.5 Å². The third-order valence-corrected chi connectivity index (χ3v) is 4.56. The molecule has 1 aliphatic heterocycles. The quantitative estimate of drug-likeness (QED) is 0.781. The molecule has 0 radical (unpaired) electrons. The lowest BCUT2D eigenvalue weighted by molar-refractivity contribution is -0.131. The Morgan fingerprint density at radius 1 is 1.17 bits per heavy atom. The van der Waals surface area contributed by atoms with Gasteiger partial charge in [-0.25, -0.2) is 8.78 Å². The maximum atomic E-state index is 13.2. The van der Waals surface area contributed by atoms with Crippen LogP contribution >= 0.6 is 0 Å². The number of alkyl halides is 1. The average Bonchev–Trinajstić information content (AvgIpc) is 3.15. The van der Waals surface area contributed by atoms with Gasteiger partial charge in [0.25, 0.3) is 0 Å². The summed E-state index contributed by atoms with van der Waals surface area (Å²) in [7, 11) is 3.38. The number of halogens is 2. The molecule has 5 nitrogen and oxygen atoms in total. The van der Waals surface area contributed by atoms with Crippen molar-refractivity contribution in [1.82, 2.24) is 9.80 Å². The molecule has 2 atom stereocenters. The van der Waals surface area contributed by atoms with E-state index in [4.69, 9.17) is 5.73 Å². The van der Waals surface area contributed by atoms with Gasteiger partial charge in [-0.2, -0.15) is 0 Å². The maximum absolute atomic E-state index is 13.2. The molecule has 0 aliphatic carbocycles. The van der Waals surface area contributed by atoms with Gasteiger partial charge in [0.1, 0.15) is 12.0 Å². The molecule has 1 fully saturated rings. The lowest BCUT2D eigenvalue weighted by Gasteiger charge is -2.20. The average molecular weight is 403 g/mol. The first-order chi connectivity index (χ1) is 13.8. The fourth-order valence-corrected chi connectivity index (χ4v) is 2.97. The molecular weight excluding hydrogens is 376 g/mol. The highest BCUT2D eigenvalue weighted by Gasteiger charge is 2.29. The second-order valence-corrected chi connectivity index (χ2v) is 7.25. The van der Waals surface area contributed by atoms with Gasteiger partial charge in [0.05, 0.1) is 12.6 Å². The minimum Gasteiger partial charge on any atom is -0.351 e. The molecule has 2 aromatic carbocycles. The Morgan fingerprint density at radius 2 is 1.69 bits per heavy atom. The number of likely N-dealkylation sites (tertiary alicyclic amines) is 1. The number of carbonyl (C=O) groups excluding carboxylic acids is 2. The van der Waals surface area contributed by atoms with E-state index in [-0.39, 0.29) is 18.3 Å². The minimum absolute atomic E-state index is 0.149. The third kappa shape index (κ3) is 6.94. The van der Waals surface area contributed by atoms with E-state index in [2.05, 4.69) is 0 Å². The number of hydrogen-bond acceptors (Lipinski definition) is 3. The second-order valence-electron chi connectivity index (χ2n) is 7.25. The van der Waals surface area contributed by atoms with Crippen molar-refractivity contribution in [3.63, 3.8) is 0 Å². The van der Waals surface area contributed by atoms with E-state index >= 15 is 0 Å². The first-order valence-electron chi connectivity index (χ1n) is 9.45. The van der Waals surface area contributed by atoms with E-state index in [9.17, 15) is 18.4 Å². The maximum Gasteiger partial charge on any atom is 0.239 e. The number of nitrogens with zero attached hydrogens (tertiary/aromatic N) is 2. The van der Waals surface area contributed by atoms with Gasteiger partial charge >= 0.3 is 0 Å². The molecular formula is C22H27F2N3O2. The van der Waals surface area contributed by atoms with Crippen molar-refractivity contribution < 1.29 is 18.4 Å². The third-order valence-electron chi connectivity index (χ3n) is 4.56. The first kappa shape index (κ1) is 22.5. The second kappa shape index (κ2) is 10.7. The Labute approximate surface area is 170 Å². The Bertz CT molecular complexity index is 795. The summed E-state index contributed by atoms with van der Waals surface area (Å²) in [5.41, 5.74) is 8.82. The van der Waals surface area contributed by atoms with Crippen LogP contribution < -0.4 is 5.73 Å². The van der Waals surface area contributed by atoms with Crippen LogP contribution in [0.3, 0.4) is 0 Å². The van der Waals surface area contributed by atoms with Gasteiger partial charge in [-0.3, -0.25) is 9.59 Å². The molecule has 3 rings (SSSR count). The zero-order chi connectivity index (χ0) is 21.4. The summed E-state index contributed by atoms with van der Waals surface area (Å²) in [6.07, 6.45) is 0.622. The standard InChI is InChI=1S/C19H20F2N2O.C3H7NO/c20-16-7-5-15(6-8-16)14-3-1-13(2-4-14)11-18(22)19(24)23-10-9-17(21)12-23;1-4(2)3-5/h1-8,17-18H,9-12,22H2;3H,1-2H3/t17?,18-;/m0./s1. The lowest BCUT2D eigenvalue weighted by Crippen LogP contribution is -2.44. The fraction of sp³-hybridized carbons (Fsp3) is 0.364. The Morgan fingerprint density at radius 3 is 2.14 bits per heavy atom. The number of nitrogens with two attached hydrogens (primary N) is 1. The van der Waals surface area contributed by atoms with Crippen LogP contribution in [0.25, 0.3) is 11.1 Å². The van der Waals surface area contributed by atoms with Crippen molar-refractivity contribution in [2.75, 3.05) is 27.2 Å². The summed E-state index contributed by atoms with van der Waals surface area (Å²) >= 11 is 0. The molecule has 1 saturated heterocycles. The number of benzene rings is 2. The van der Waals surface area contributed by atoms with E-state index in [1.165, 1.54) is 21.9 Å². The summed E-state index contributed by atoms with van der Waals surface area (Å²) in [6.45, 7) is 0.591. The number of hydrogen-bond donors (Lipinski definition) is 1. The molecule has 29 heavy (non-hydrogen) atoms. The van der Waals surface area contributed by atoms with Crippen LogP contribution in [0.5, 0.6) is 0 Å². The lowest BCUT2D eigenvalue weighted by atomic mass is 10.0. The predicted molar refractivity (Wildman–Crippen MR) is 109 cm³/mol. The molecule has 0 saturated carbocycles. The summed E-state index contributed by atoms with van der Waals surface area (Å²) in [4.78, 5) is 24.6. The molecule has 1 heterocycles. The van der Waals surface area contributed by atoms with Crippen LogP contribution in [-0.2, 0) is 16.0 Å². The van der Waals surface area contributed by atoms with Crippen molar-refractivity contribution in [2.24, 2.45) is 5.73 Å². The van der Waals surface area contributed by atoms with Crippen molar-refractivity contribution in [3.05, 3.63) is 59.9 Å². The SMILES string of the molecule is CN(C)C=O.N[C@@H](Cc1ccc(-c2ccc(F)cc2)cc1)C(=O)N1CCC(F)C1. The van der Waals surface area contributed by atoms with Crippen LogP contribution in [0.1, 0.15) is 12.0 Å². The van der Waals surface area contributed by atoms with Gasteiger partial charge in [-0.05, 0) is 41.7 Å². The van der Waals surface area contributed by atoms with Crippen molar-refractivity contribution in [3.8, 4) is 11.1 Å². The molecule has 2 amide bonds. The highest BCUT2D eigenvalue weighted by atomic mass is 19.1. The first-order valence-corrected chi connectivity index (χ1v) is 9.45. The zero-order valence-corrected chi connectivity index (χ0v) is 16.7. The van der Waals surface area contributed by atoms with Crippen LogP contribution in [0, 0.1) is 5.82 Å². The van der Waals surface area contributed by atoms with Crippen LogP contribution in [0.4, 0.5) is 8.78 Å². The topological polar surface area (TPSA) is 66.6 Å². The molecule has 0 aromatic heterocycles.